The second kappa shape index (κ2) is 4.51. The maximum absolute atomic E-state index is 6.52. The molecule has 1 aliphatic heterocycles. The summed E-state index contributed by atoms with van der Waals surface area (Å²) in [5.74, 6) is 2.27. The lowest BCUT2D eigenvalue weighted by molar-refractivity contribution is -0.199. The largest absolute Gasteiger partial charge is 0.497 e. The lowest BCUT2D eigenvalue weighted by Crippen LogP contribution is -2.65. The Kier molecular flexibility index (Phi) is 2.99. The molecule has 1 aromatic carbocycles. The molecule has 3 nitrogen and oxygen atoms in total. The molecule has 0 aromatic heterocycles. The average molecular weight is 300 g/mol. The molecule has 1 aromatic rings. The van der Waals surface area contributed by atoms with Crippen LogP contribution >= 0.6 is 0 Å². The Morgan fingerprint density at radius 1 is 1.23 bits per heavy atom. The summed E-state index contributed by atoms with van der Waals surface area (Å²) >= 11 is 0. The summed E-state index contributed by atoms with van der Waals surface area (Å²) in [4.78, 5) is 0. The van der Waals surface area contributed by atoms with E-state index in [9.17, 15) is 0 Å². The van der Waals surface area contributed by atoms with E-state index in [1.807, 2.05) is 6.07 Å². The second-order valence-corrected chi connectivity index (χ2v) is 8.02. The molecule has 5 rings (SSSR count). The summed E-state index contributed by atoms with van der Waals surface area (Å²) in [5, 5.41) is 0. The van der Waals surface area contributed by atoms with Gasteiger partial charge >= 0.3 is 7.12 Å². The highest BCUT2D eigenvalue weighted by Crippen LogP contribution is 2.65. The maximum atomic E-state index is 6.52. The Morgan fingerprint density at radius 3 is 2.64 bits per heavy atom. The van der Waals surface area contributed by atoms with Crippen LogP contribution in [0.5, 0.6) is 5.75 Å². The van der Waals surface area contributed by atoms with E-state index in [1.165, 1.54) is 12.0 Å². The number of hydrogen-bond acceptors (Lipinski definition) is 3. The van der Waals surface area contributed by atoms with E-state index in [4.69, 9.17) is 14.0 Å². The van der Waals surface area contributed by atoms with Crippen molar-refractivity contribution in [1.29, 1.82) is 0 Å². The predicted octanol–water partition coefficient (Wildman–Crippen LogP) is 2.94. The molecule has 4 fully saturated rings. The van der Waals surface area contributed by atoms with Gasteiger partial charge in [-0.2, -0.15) is 0 Å². The molecule has 22 heavy (non-hydrogen) atoms. The third kappa shape index (κ3) is 1.77. The molecular formula is C18H25BO3. The molecule has 0 N–H and O–H groups in total. The van der Waals surface area contributed by atoms with Gasteiger partial charge in [0, 0.05) is 0 Å². The molecule has 4 heteroatoms. The van der Waals surface area contributed by atoms with E-state index < -0.39 is 0 Å². The molecule has 3 saturated carbocycles. The summed E-state index contributed by atoms with van der Waals surface area (Å²) < 4.78 is 18.2. The zero-order valence-corrected chi connectivity index (χ0v) is 14.2. The molecule has 2 bridgehead atoms. The van der Waals surface area contributed by atoms with Crippen LogP contribution in [0.2, 0.25) is 0 Å². The monoisotopic (exact) mass is 300 g/mol. The number of benzene rings is 1. The number of aryl methyl sites for hydroxylation is 1. The lowest BCUT2D eigenvalue weighted by Gasteiger charge is -2.64. The van der Waals surface area contributed by atoms with Crippen molar-refractivity contribution in [2.45, 2.75) is 52.2 Å². The molecule has 0 radical (unpaired) electrons. The molecule has 3 aliphatic carbocycles. The fourth-order valence-electron chi connectivity index (χ4n) is 5.04. The molecule has 1 saturated heterocycles. The van der Waals surface area contributed by atoms with Crippen LogP contribution in [0.3, 0.4) is 0 Å². The summed E-state index contributed by atoms with van der Waals surface area (Å²) in [5.41, 5.74) is 2.54. The first kappa shape index (κ1) is 14.6. The number of methoxy groups -OCH3 is 1. The quantitative estimate of drug-likeness (QED) is 0.786. The van der Waals surface area contributed by atoms with Gasteiger partial charge in [-0.1, -0.05) is 19.9 Å². The van der Waals surface area contributed by atoms with Crippen LogP contribution < -0.4 is 10.2 Å². The summed E-state index contributed by atoms with van der Waals surface area (Å²) in [7, 11) is 1.46. The Balaban J connectivity index is 1.63. The zero-order valence-electron chi connectivity index (χ0n) is 14.2. The van der Waals surface area contributed by atoms with Gasteiger partial charge in [-0.3, -0.25) is 0 Å². The minimum atomic E-state index is -0.240. The van der Waals surface area contributed by atoms with Crippen molar-refractivity contribution < 1.29 is 14.0 Å². The van der Waals surface area contributed by atoms with E-state index in [2.05, 4.69) is 39.8 Å². The van der Waals surface area contributed by atoms with Crippen LogP contribution in [0, 0.1) is 24.2 Å². The molecular weight excluding hydrogens is 275 g/mol. The average Bonchev–Trinajstić information content (AvgIpc) is 2.83. The predicted molar refractivity (Wildman–Crippen MR) is 87.5 cm³/mol. The van der Waals surface area contributed by atoms with E-state index in [0.29, 0.717) is 11.3 Å². The van der Waals surface area contributed by atoms with Crippen LogP contribution in [0.15, 0.2) is 18.2 Å². The van der Waals surface area contributed by atoms with Gasteiger partial charge in [0.2, 0.25) is 0 Å². The van der Waals surface area contributed by atoms with Gasteiger partial charge in [-0.05, 0) is 67.1 Å². The number of rotatable bonds is 2. The molecule has 0 spiro atoms. The molecule has 1 heterocycles. The Labute approximate surface area is 133 Å². The van der Waals surface area contributed by atoms with Gasteiger partial charge in [0.1, 0.15) is 5.75 Å². The van der Waals surface area contributed by atoms with Gasteiger partial charge in [0.25, 0.3) is 0 Å². The van der Waals surface area contributed by atoms with E-state index >= 15 is 0 Å². The van der Waals surface area contributed by atoms with Crippen LogP contribution in [0.1, 0.15) is 39.2 Å². The van der Waals surface area contributed by atoms with E-state index in [1.54, 1.807) is 7.11 Å². The van der Waals surface area contributed by atoms with Crippen molar-refractivity contribution in [3.05, 3.63) is 23.8 Å². The minimum absolute atomic E-state index is 0.144. The molecule has 118 valence electrons. The molecule has 4 aliphatic rings. The minimum Gasteiger partial charge on any atom is -0.497 e. The normalized spacial score (nSPS) is 38.4. The van der Waals surface area contributed by atoms with Crippen molar-refractivity contribution in [1.82, 2.24) is 0 Å². The Morgan fingerprint density at radius 2 is 2.00 bits per heavy atom. The lowest BCUT2D eigenvalue weighted by atomic mass is 9.43. The number of hydrogen-bond donors (Lipinski definition) is 0. The van der Waals surface area contributed by atoms with E-state index in [-0.39, 0.29) is 18.8 Å². The molecule has 0 unspecified atom stereocenters. The Hall–Kier alpha value is -0.995. The van der Waals surface area contributed by atoms with Crippen molar-refractivity contribution in [2.75, 3.05) is 7.11 Å². The molecule has 0 amide bonds. The third-order valence-corrected chi connectivity index (χ3v) is 6.68. The topological polar surface area (TPSA) is 27.7 Å². The summed E-state index contributed by atoms with van der Waals surface area (Å²) in [6.45, 7) is 9.14. The summed E-state index contributed by atoms with van der Waals surface area (Å²) in [6.07, 6.45) is 2.65. The Bertz CT molecular complexity index is 614. The van der Waals surface area contributed by atoms with Crippen molar-refractivity contribution in [3.63, 3.8) is 0 Å². The van der Waals surface area contributed by atoms with Gasteiger partial charge in [0.05, 0.1) is 18.8 Å². The third-order valence-electron chi connectivity index (χ3n) is 6.68. The first-order chi connectivity index (χ1) is 10.4. The van der Waals surface area contributed by atoms with Crippen molar-refractivity contribution in [2.24, 2.45) is 17.3 Å². The second-order valence-electron chi connectivity index (χ2n) is 8.02. The van der Waals surface area contributed by atoms with Crippen molar-refractivity contribution >= 4 is 12.6 Å². The maximum Gasteiger partial charge on any atom is 0.494 e. The van der Waals surface area contributed by atoms with Crippen LogP contribution in [0.4, 0.5) is 0 Å². The van der Waals surface area contributed by atoms with Gasteiger partial charge in [0.15, 0.2) is 0 Å². The summed E-state index contributed by atoms with van der Waals surface area (Å²) in [6, 6.07) is 6.12. The van der Waals surface area contributed by atoms with E-state index in [0.717, 1.165) is 23.6 Å². The number of ether oxygens (including phenoxy) is 1. The van der Waals surface area contributed by atoms with Crippen LogP contribution in [-0.4, -0.2) is 25.9 Å². The highest BCUT2D eigenvalue weighted by Gasteiger charge is 2.68. The highest BCUT2D eigenvalue weighted by atomic mass is 16.7. The van der Waals surface area contributed by atoms with Crippen molar-refractivity contribution in [3.8, 4) is 5.75 Å². The van der Waals surface area contributed by atoms with Crippen LogP contribution in [0.25, 0.3) is 0 Å². The van der Waals surface area contributed by atoms with Gasteiger partial charge in [-0.15, -0.1) is 0 Å². The first-order valence-corrected chi connectivity index (χ1v) is 8.34. The highest BCUT2D eigenvalue weighted by molar-refractivity contribution is 6.62. The smallest absolute Gasteiger partial charge is 0.494 e. The fourth-order valence-corrected chi connectivity index (χ4v) is 5.04. The standard InChI is InChI=1S/C18H25BO3/c1-11-8-13(20-5)6-7-14(11)19-21-16-10-12-9-15(17(12,2)3)18(16,4)22-19/h6-8,12,15-16H,9-10H2,1-5H3/t12-,15-,16+,18-/m0/s1. The molecule has 4 atom stereocenters. The zero-order chi connectivity index (χ0) is 15.7. The first-order valence-electron chi connectivity index (χ1n) is 8.34. The van der Waals surface area contributed by atoms with Gasteiger partial charge in [-0.25, -0.2) is 0 Å². The van der Waals surface area contributed by atoms with Gasteiger partial charge < -0.3 is 14.0 Å². The SMILES string of the molecule is COc1ccc(B2O[C@@H]3C[C@@H]4C[C@@H](C4(C)C)[C@]3(C)O2)c(C)c1. The van der Waals surface area contributed by atoms with Crippen LogP contribution in [-0.2, 0) is 9.31 Å². The fraction of sp³-hybridized carbons (Fsp3) is 0.667.